The summed E-state index contributed by atoms with van der Waals surface area (Å²) in [5.41, 5.74) is 0.250. The molecule has 0 radical (unpaired) electrons. The molecule has 6 rings (SSSR count). The number of aromatic nitrogens is 4. The van der Waals surface area contributed by atoms with Gasteiger partial charge in [-0.05, 0) is 31.2 Å². The second-order valence-corrected chi connectivity index (χ2v) is 9.32. The third-order valence-corrected chi connectivity index (χ3v) is 6.37. The SMILES string of the molecule is CC(=O)NC12CC(n3cc(-c4cnc5nc(C(F)(F)F)oc5c4)nc3C(O)C(C)C)(C1)C2. The van der Waals surface area contributed by atoms with Crippen LogP contribution in [0.25, 0.3) is 22.5 Å². The van der Waals surface area contributed by atoms with Crippen LogP contribution in [0.4, 0.5) is 13.2 Å². The van der Waals surface area contributed by atoms with E-state index in [0.29, 0.717) is 17.1 Å². The Hall–Kier alpha value is -2.95. The number of halogens is 3. The normalized spacial score (nSPS) is 25.5. The Labute approximate surface area is 180 Å². The lowest BCUT2D eigenvalue weighted by Crippen LogP contribution is -2.78. The van der Waals surface area contributed by atoms with Crippen molar-refractivity contribution >= 4 is 17.1 Å². The van der Waals surface area contributed by atoms with Crippen LogP contribution in [0, 0.1) is 5.92 Å². The van der Waals surface area contributed by atoms with Gasteiger partial charge in [-0.1, -0.05) is 13.8 Å². The second-order valence-electron chi connectivity index (χ2n) is 9.32. The van der Waals surface area contributed by atoms with Crippen LogP contribution in [-0.2, 0) is 16.5 Å². The van der Waals surface area contributed by atoms with Gasteiger partial charge in [0, 0.05) is 30.4 Å². The fourth-order valence-corrected chi connectivity index (χ4v) is 5.00. The number of aliphatic hydroxyl groups is 1. The average Bonchev–Trinajstić information content (AvgIpc) is 3.26. The number of fused-ring (bicyclic) bond motifs is 1. The van der Waals surface area contributed by atoms with Gasteiger partial charge in [0.15, 0.2) is 11.2 Å². The summed E-state index contributed by atoms with van der Waals surface area (Å²) in [7, 11) is 0. The highest BCUT2D eigenvalue weighted by Gasteiger charge is 2.70. The first kappa shape index (κ1) is 20.9. The van der Waals surface area contributed by atoms with Crippen molar-refractivity contribution in [3.05, 3.63) is 30.2 Å². The number of amides is 1. The zero-order valence-corrected chi connectivity index (χ0v) is 17.7. The minimum Gasteiger partial charge on any atom is -0.431 e. The molecule has 3 heterocycles. The van der Waals surface area contributed by atoms with Crippen molar-refractivity contribution in [2.45, 2.75) is 63.4 Å². The summed E-state index contributed by atoms with van der Waals surface area (Å²) in [6.07, 6.45) is -0.130. The molecular weight excluding hydrogens is 427 g/mol. The van der Waals surface area contributed by atoms with Crippen molar-refractivity contribution in [3.63, 3.8) is 0 Å². The molecule has 3 fully saturated rings. The van der Waals surface area contributed by atoms with E-state index in [1.54, 1.807) is 6.20 Å². The molecule has 3 aromatic heterocycles. The van der Waals surface area contributed by atoms with Gasteiger partial charge >= 0.3 is 12.1 Å². The molecule has 2 N–H and O–H groups in total. The summed E-state index contributed by atoms with van der Waals surface area (Å²) in [5, 5.41) is 13.8. The highest BCUT2D eigenvalue weighted by molar-refractivity contribution is 5.76. The maximum Gasteiger partial charge on any atom is 0.469 e. The molecule has 32 heavy (non-hydrogen) atoms. The predicted octanol–water partition coefficient (Wildman–Crippen LogP) is 3.56. The first-order valence-electron chi connectivity index (χ1n) is 10.3. The number of carbonyl (C=O) groups excluding carboxylic acids is 1. The maximum atomic E-state index is 12.9. The predicted molar refractivity (Wildman–Crippen MR) is 106 cm³/mol. The van der Waals surface area contributed by atoms with E-state index in [1.807, 2.05) is 18.4 Å². The number of carbonyl (C=O) groups is 1. The number of rotatable bonds is 5. The number of nitrogens with zero attached hydrogens (tertiary/aromatic N) is 4. The lowest BCUT2D eigenvalue weighted by Gasteiger charge is -2.71. The Kier molecular flexibility index (Phi) is 4.27. The summed E-state index contributed by atoms with van der Waals surface area (Å²) in [4.78, 5) is 23.5. The van der Waals surface area contributed by atoms with E-state index >= 15 is 0 Å². The van der Waals surface area contributed by atoms with Crippen LogP contribution < -0.4 is 5.32 Å². The molecule has 3 aromatic rings. The maximum absolute atomic E-state index is 12.9. The molecule has 1 unspecified atom stereocenters. The summed E-state index contributed by atoms with van der Waals surface area (Å²) in [6.45, 7) is 5.25. The largest absolute Gasteiger partial charge is 0.469 e. The minimum absolute atomic E-state index is 0.0725. The summed E-state index contributed by atoms with van der Waals surface area (Å²) < 4.78 is 45.5. The first-order valence-corrected chi connectivity index (χ1v) is 10.3. The zero-order valence-electron chi connectivity index (χ0n) is 17.7. The van der Waals surface area contributed by atoms with E-state index in [2.05, 4.69) is 20.3 Å². The Bertz CT molecular complexity index is 1210. The highest BCUT2D eigenvalue weighted by atomic mass is 19.4. The molecule has 3 aliphatic carbocycles. The molecule has 2 bridgehead atoms. The monoisotopic (exact) mass is 449 g/mol. The number of nitrogens with one attached hydrogen (secondary N) is 1. The van der Waals surface area contributed by atoms with Crippen molar-refractivity contribution in [1.82, 2.24) is 24.8 Å². The molecule has 0 spiro atoms. The Morgan fingerprint density at radius 3 is 2.56 bits per heavy atom. The lowest BCUT2D eigenvalue weighted by atomic mass is 9.44. The second kappa shape index (κ2) is 6.53. The number of hydrogen-bond acceptors (Lipinski definition) is 6. The van der Waals surface area contributed by atoms with Crippen molar-refractivity contribution in [2.75, 3.05) is 0 Å². The molecule has 11 heteroatoms. The zero-order chi connectivity index (χ0) is 23.1. The van der Waals surface area contributed by atoms with Crippen LogP contribution in [0.5, 0.6) is 0 Å². The summed E-state index contributed by atoms with van der Waals surface area (Å²) >= 11 is 0. The quantitative estimate of drug-likeness (QED) is 0.617. The third-order valence-electron chi connectivity index (χ3n) is 6.37. The Morgan fingerprint density at radius 2 is 1.97 bits per heavy atom. The van der Waals surface area contributed by atoms with Crippen molar-refractivity contribution in [3.8, 4) is 11.3 Å². The van der Waals surface area contributed by atoms with E-state index in [0.717, 1.165) is 19.3 Å². The van der Waals surface area contributed by atoms with Gasteiger partial charge < -0.3 is 19.4 Å². The van der Waals surface area contributed by atoms with Crippen LogP contribution in [-0.4, -0.2) is 36.1 Å². The van der Waals surface area contributed by atoms with Gasteiger partial charge in [0.2, 0.25) is 5.91 Å². The number of imidazole rings is 1. The Balaban J connectivity index is 1.52. The number of oxazole rings is 1. The molecule has 1 amide bonds. The van der Waals surface area contributed by atoms with E-state index in [9.17, 15) is 23.1 Å². The van der Waals surface area contributed by atoms with Gasteiger partial charge in [-0.3, -0.25) is 4.79 Å². The third kappa shape index (κ3) is 3.09. The van der Waals surface area contributed by atoms with Crippen molar-refractivity contribution in [2.24, 2.45) is 5.92 Å². The van der Waals surface area contributed by atoms with E-state index < -0.39 is 18.2 Å². The van der Waals surface area contributed by atoms with Gasteiger partial charge in [-0.2, -0.15) is 18.2 Å². The van der Waals surface area contributed by atoms with Gasteiger partial charge in [0.25, 0.3) is 0 Å². The molecule has 3 aliphatic rings. The van der Waals surface area contributed by atoms with Crippen LogP contribution in [0.1, 0.15) is 57.9 Å². The molecule has 0 saturated heterocycles. The first-order chi connectivity index (χ1) is 14.9. The molecular formula is C21H22F3N5O3. The molecule has 0 aromatic carbocycles. The standard InChI is InChI=1S/C21H22F3N5O3/c1-10(2)15(31)17-26-13(6-29(17)20-7-19(8-20,9-20)28-11(3)30)12-4-14-16(25-5-12)27-18(32-14)21(22,23)24/h4-6,10,15,31H,7-9H2,1-3H3,(H,28,30). The topological polar surface area (TPSA) is 106 Å². The number of alkyl halides is 3. The average molecular weight is 449 g/mol. The van der Waals surface area contributed by atoms with Crippen molar-refractivity contribution in [1.29, 1.82) is 0 Å². The molecule has 170 valence electrons. The van der Waals surface area contributed by atoms with Gasteiger partial charge in [-0.15, -0.1) is 0 Å². The Morgan fingerprint density at radius 1 is 1.28 bits per heavy atom. The van der Waals surface area contributed by atoms with Gasteiger partial charge in [0.1, 0.15) is 11.9 Å². The number of aliphatic hydroxyl groups excluding tert-OH is 1. The van der Waals surface area contributed by atoms with Gasteiger partial charge in [0.05, 0.1) is 11.2 Å². The van der Waals surface area contributed by atoms with E-state index in [1.165, 1.54) is 19.2 Å². The molecule has 8 nitrogen and oxygen atoms in total. The van der Waals surface area contributed by atoms with Gasteiger partial charge in [-0.25, -0.2) is 9.97 Å². The highest BCUT2D eigenvalue weighted by Crippen LogP contribution is 2.66. The van der Waals surface area contributed by atoms with Crippen LogP contribution in [0.15, 0.2) is 22.9 Å². The van der Waals surface area contributed by atoms with Crippen LogP contribution >= 0.6 is 0 Å². The number of hydrogen-bond donors (Lipinski definition) is 2. The fourth-order valence-electron chi connectivity index (χ4n) is 5.00. The van der Waals surface area contributed by atoms with Crippen LogP contribution in [0.2, 0.25) is 0 Å². The molecule has 1 atom stereocenters. The van der Waals surface area contributed by atoms with E-state index in [4.69, 9.17) is 4.42 Å². The minimum atomic E-state index is -4.70. The summed E-state index contributed by atoms with van der Waals surface area (Å²) in [5.74, 6) is -1.03. The lowest BCUT2D eigenvalue weighted by molar-refractivity contribution is -0.157. The van der Waals surface area contributed by atoms with Crippen molar-refractivity contribution < 1.29 is 27.5 Å². The van der Waals surface area contributed by atoms with E-state index in [-0.39, 0.29) is 34.1 Å². The summed E-state index contributed by atoms with van der Waals surface area (Å²) in [6, 6.07) is 1.42. The molecule has 0 aliphatic heterocycles. The molecule has 3 saturated carbocycles. The smallest absolute Gasteiger partial charge is 0.431 e. The van der Waals surface area contributed by atoms with Crippen LogP contribution in [0.3, 0.4) is 0 Å². The number of pyridine rings is 1. The fraction of sp³-hybridized carbons (Fsp3) is 0.524.